The van der Waals surface area contributed by atoms with Gasteiger partial charge in [-0.15, -0.1) is 0 Å². The van der Waals surface area contributed by atoms with Crippen molar-refractivity contribution in [1.82, 2.24) is 5.32 Å². The van der Waals surface area contributed by atoms with Crippen molar-refractivity contribution in [2.24, 2.45) is 0 Å². The number of Topliss-reactive ketones (excluding diaryl/α,β-unsaturated/α-hetero) is 1. The molecule has 1 aliphatic carbocycles. The van der Waals surface area contributed by atoms with E-state index in [-0.39, 0.29) is 22.8 Å². The van der Waals surface area contributed by atoms with Crippen molar-refractivity contribution >= 4 is 33.7 Å². The molecule has 0 saturated carbocycles. The van der Waals surface area contributed by atoms with Gasteiger partial charge in [0.2, 0.25) is 0 Å². The number of carbonyl (C=O) groups is 1. The molecule has 0 aliphatic heterocycles. The van der Waals surface area contributed by atoms with Crippen molar-refractivity contribution in [1.29, 1.82) is 5.41 Å². The van der Waals surface area contributed by atoms with Crippen LogP contribution in [0.1, 0.15) is 47.1 Å². The fourth-order valence-corrected chi connectivity index (χ4v) is 4.13. The van der Waals surface area contributed by atoms with E-state index in [4.69, 9.17) is 9.83 Å². The molecule has 2 aromatic carbocycles. The van der Waals surface area contributed by atoms with E-state index in [0.717, 1.165) is 11.1 Å². The van der Waals surface area contributed by atoms with Gasteiger partial charge in [-0.2, -0.15) is 0 Å². The summed E-state index contributed by atoms with van der Waals surface area (Å²) in [6.45, 7) is 5.18. The summed E-state index contributed by atoms with van der Waals surface area (Å²) in [6.07, 6.45) is 6.89. The van der Waals surface area contributed by atoms with Gasteiger partial charge in [0.05, 0.1) is 17.1 Å². The first-order chi connectivity index (χ1) is 16.7. The van der Waals surface area contributed by atoms with E-state index in [9.17, 15) is 14.0 Å². The van der Waals surface area contributed by atoms with E-state index in [1.54, 1.807) is 37.5 Å². The van der Waals surface area contributed by atoms with E-state index in [1.165, 1.54) is 31.2 Å². The van der Waals surface area contributed by atoms with Crippen LogP contribution in [0.4, 0.5) is 10.1 Å². The largest absolute Gasteiger partial charge is 0.455 e. The number of allylic oxidation sites excluding steroid dienone is 5. The fourth-order valence-electron chi connectivity index (χ4n) is 4.13. The van der Waals surface area contributed by atoms with Gasteiger partial charge in [-0.3, -0.25) is 9.59 Å². The molecular formula is C28H26FN3O3. The predicted octanol–water partition coefficient (Wildman–Crippen LogP) is 5.69. The molecule has 6 nitrogen and oxygen atoms in total. The van der Waals surface area contributed by atoms with Crippen LogP contribution in [0.5, 0.6) is 0 Å². The number of rotatable bonds is 6. The number of benzene rings is 2. The average molecular weight is 472 g/mol. The monoisotopic (exact) mass is 471 g/mol. The molecule has 0 bridgehead atoms. The number of anilines is 1. The smallest absolute Gasteiger partial charge is 0.193 e. The molecule has 3 aromatic rings. The van der Waals surface area contributed by atoms with Crippen LogP contribution in [0, 0.1) is 18.2 Å². The Labute approximate surface area is 202 Å². The maximum absolute atomic E-state index is 13.7. The molecule has 1 aliphatic rings. The number of carbonyl (C=O) groups excluding carboxylic acids is 1. The third-order valence-corrected chi connectivity index (χ3v) is 5.84. The molecule has 1 atom stereocenters. The van der Waals surface area contributed by atoms with E-state index in [2.05, 4.69) is 10.6 Å². The van der Waals surface area contributed by atoms with Crippen LogP contribution in [-0.4, -0.2) is 18.5 Å². The Hall–Kier alpha value is -4.26. The Balaban J connectivity index is 1.83. The third-order valence-electron chi connectivity index (χ3n) is 5.84. The zero-order valence-corrected chi connectivity index (χ0v) is 20.0. The summed E-state index contributed by atoms with van der Waals surface area (Å²) < 4.78 is 20.0. The standard InChI is InChI=1S/C28H26FN3O3/c1-15-9-21(16(2)32-25-8-6-20(29)12-22(25)17(3)33)28-23(10-15)26(34)13-27(35-28)18-5-7-24(30)19(11-18)14-31-4/h5-14,16,30-32H,1-4H3/b19-14-,30-24?. The highest BCUT2D eigenvalue weighted by Crippen LogP contribution is 2.31. The van der Waals surface area contributed by atoms with Crippen LogP contribution < -0.4 is 16.1 Å². The van der Waals surface area contributed by atoms with Gasteiger partial charge in [-0.1, -0.05) is 6.07 Å². The Morgan fingerprint density at radius 2 is 1.94 bits per heavy atom. The highest BCUT2D eigenvalue weighted by molar-refractivity contribution is 6.12. The van der Waals surface area contributed by atoms with Crippen LogP contribution in [0.2, 0.25) is 0 Å². The van der Waals surface area contributed by atoms with Gasteiger partial charge in [0.1, 0.15) is 17.2 Å². The summed E-state index contributed by atoms with van der Waals surface area (Å²) in [7, 11) is 1.75. The Morgan fingerprint density at radius 1 is 1.17 bits per heavy atom. The van der Waals surface area contributed by atoms with Gasteiger partial charge >= 0.3 is 0 Å². The molecule has 1 unspecified atom stereocenters. The third kappa shape index (κ3) is 4.84. The van der Waals surface area contributed by atoms with E-state index in [0.29, 0.717) is 39.3 Å². The first kappa shape index (κ1) is 23.9. The first-order valence-electron chi connectivity index (χ1n) is 11.2. The van der Waals surface area contributed by atoms with Gasteiger partial charge in [-0.25, -0.2) is 4.39 Å². The Morgan fingerprint density at radius 3 is 2.66 bits per heavy atom. The number of fused-ring (bicyclic) bond motifs is 1. The quantitative estimate of drug-likeness (QED) is 0.401. The fraction of sp³-hybridized carbons (Fsp3) is 0.179. The Kier molecular flexibility index (Phi) is 6.51. The average Bonchev–Trinajstić information content (AvgIpc) is 2.81. The van der Waals surface area contributed by atoms with E-state index in [1.807, 2.05) is 19.9 Å². The minimum atomic E-state index is -0.487. The first-order valence-corrected chi connectivity index (χ1v) is 11.2. The van der Waals surface area contributed by atoms with Crippen molar-refractivity contribution in [3.8, 4) is 0 Å². The summed E-state index contributed by atoms with van der Waals surface area (Å²) in [4.78, 5) is 25.2. The lowest BCUT2D eigenvalue weighted by Gasteiger charge is -2.20. The number of ketones is 1. The second-order valence-corrected chi connectivity index (χ2v) is 8.55. The molecule has 0 fully saturated rings. The van der Waals surface area contributed by atoms with Gasteiger partial charge in [0, 0.05) is 47.3 Å². The second-order valence-electron chi connectivity index (χ2n) is 8.55. The SMILES string of the molecule is CN/C=C1/C=C(c2cc(=O)c3cc(C)cc(C(C)Nc4ccc(F)cc4C(C)=O)c3o2)C=CC1=N. The number of nitrogens with one attached hydrogen (secondary N) is 3. The lowest BCUT2D eigenvalue weighted by molar-refractivity contribution is 0.101. The molecule has 0 amide bonds. The number of halogens is 1. The van der Waals surface area contributed by atoms with Crippen LogP contribution >= 0.6 is 0 Å². The van der Waals surface area contributed by atoms with Crippen molar-refractivity contribution in [3.05, 3.63) is 105 Å². The number of hydrogen-bond acceptors (Lipinski definition) is 6. The minimum Gasteiger partial charge on any atom is -0.455 e. The maximum atomic E-state index is 13.7. The van der Waals surface area contributed by atoms with Crippen molar-refractivity contribution in [3.63, 3.8) is 0 Å². The molecule has 0 radical (unpaired) electrons. The van der Waals surface area contributed by atoms with Gasteiger partial charge in [-0.05, 0) is 68.8 Å². The normalized spacial score (nSPS) is 15.3. The highest BCUT2D eigenvalue weighted by Gasteiger charge is 2.19. The lowest BCUT2D eigenvalue weighted by atomic mass is 9.97. The minimum absolute atomic E-state index is 0.182. The van der Waals surface area contributed by atoms with Gasteiger partial charge in [0.15, 0.2) is 11.2 Å². The highest BCUT2D eigenvalue weighted by atomic mass is 19.1. The van der Waals surface area contributed by atoms with E-state index >= 15 is 0 Å². The second kappa shape index (κ2) is 9.54. The maximum Gasteiger partial charge on any atom is 0.193 e. The summed E-state index contributed by atoms with van der Waals surface area (Å²) in [5.74, 6) is -0.357. The zero-order valence-electron chi connectivity index (χ0n) is 20.0. The van der Waals surface area contributed by atoms with Crippen LogP contribution in [0.25, 0.3) is 16.5 Å². The van der Waals surface area contributed by atoms with Crippen molar-refractivity contribution in [2.45, 2.75) is 26.8 Å². The van der Waals surface area contributed by atoms with Crippen LogP contribution in [0.15, 0.2) is 75.6 Å². The zero-order chi connectivity index (χ0) is 25.3. The summed E-state index contributed by atoms with van der Waals surface area (Å²) in [5.41, 5.74) is 4.30. The molecule has 7 heteroatoms. The van der Waals surface area contributed by atoms with Gasteiger partial charge in [0.25, 0.3) is 0 Å². The molecular weight excluding hydrogens is 445 g/mol. The summed E-state index contributed by atoms with van der Waals surface area (Å²) >= 11 is 0. The van der Waals surface area contributed by atoms with Crippen molar-refractivity contribution in [2.75, 3.05) is 12.4 Å². The van der Waals surface area contributed by atoms with Crippen molar-refractivity contribution < 1.29 is 13.6 Å². The predicted molar refractivity (Wildman–Crippen MR) is 138 cm³/mol. The molecule has 1 aromatic heterocycles. The summed E-state index contributed by atoms with van der Waals surface area (Å²) in [6, 6.07) is 8.85. The van der Waals surface area contributed by atoms with E-state index < -0.39 is 5.82 Å². The topological polar surface area (TPSA) is 95.2 Å². The number of hydrogen-bond donors (Lipinski definition) is 3. The molecule has 1 heterocycles. The van der Waals surface area contributed by atoms with Crippen LogP contribution in [0.3, 0.4) is 0 Å². The molecule has 4 rings (SSSR count). The van der Waals surface area contributed by atoms with Crippen LogP contribution in [-0.2, 0) is 0 Å². The molecule has 178 valence electrons. The Bertz CT molecular complexity index is 1510. The number of aryl methyl sites for hydroxylation is 1. The summed E-state index contributed by atoms with van der Waals surface area (Å²) in [5, 5.41) is 14.7. The van der Waals surface area contributed by atoms with Gasteiger partial charge < -0.3 is 20.5 Å². The molecule has 0 spiro atoms. The molecule has 35 heavy (non-hydrogen) atoms. The molecule has 3 N–H and O–H groups in total. The lowest BCUT2D eigenvalue weighted by Crippen LogP contribution is -2.13. The molecule has 0 saturated heterocycles.